The minimum Gasteiger partial charge on any atom is -0.324 e. The van der Waals surface area contributed by atoms with Gasteiger partial charge in [0.05, 0.1) is 23.2 Å². The molecule has 4 rings (SSSR count). The highest BCUT2D eigenvalue weighted by atomic mass is 16.2. The summed E-state index contributed by atoms with van der Waals surface area (Å²) >= 11 is 0. The molecule has 6 nitrogen and oxygen atoms in total. The van der Waals surface area contributed by atoms with E-state index in [9.17, 15) is 9.59 Å². The van der Waals surface area contributed by atoms with Gasteiger partial charge in [-0.25, -0.2) is 4.79 Å². The maximum Gasteiger partial charge on any atom is 0.321 e. The Labute approximate surface area is 208 Å². The van der Waals surface area contributed by atoms with Crippen LogP contribution in [0.2, 0.25) is 0 Å². The topological polar surface area (TPSA) is 65.5 Å². The molecule has 2 atom stereocenters. The molecule has 2 aromatic carbocycles. The predicted octanol–water partition coefficient (Wildman–Crippen LogP) is 5.74. The molecule has 35 heavy (non-hydrogen) atoms. The molecular formula is C29H36N4O2. The highest BCUT2D eigenvalue weighted by Crippen LogP contribution is 2.35. The summed E-state index contributed by atoms with van der Waals surface area (Å²) in [6.45, 7) is 12.7. The third kappa shape index (κ3) is 5.16. The lowest BCUT2D eigenvalue weighted by atomic mass is 9.88. The number of benzene rings is 2. The molecule has 2 heterocycles. The van der Waals surface area contributed by atoms with E-state index in [0.29, 0.717) is 18.7 Å². The van der Waals surface area contributed by atoms with Crippen molar-refractivity contribution in [2.75, 3.05) is 11.9 Å². The van der Waals surface area contributed by atoms with Gasteiger partial charge in [-0.3, -0.25) is 9.78 Å². The standard InChI is InChI=1S/C29H36N4O2/c1-28(2,3)32-19-24(33(27(32)35)29(4,5)6)22(18-20-12-8-7-9-13-20)26(34)31-23-16-10-14-21-15-11-17-30-25(21)23/h7-17,22,24H,18-19H2,1-6H3,(H,31,34). The fourth-order valence-corrected chi connectivity index (χ4v) is 4.97. The van der Waals surface area contributed by atoms with E-state index < -0.39 is 11.5 Å². The first-order chi connectivity index (χ1) is 16.5. The van der Waals surface area contributed by atoms with E-state index in [4.69, 9.17) is 0 Å². The lowest BCUT2D eigenvalue weighted by molar-refractivity contribution is -0.121. The van der Waals surface area contributed by atoms with Gasteiger partial charge < -0.3 is 15.1 Å². The Morgan fingerprint density at radius 2 is 1.66 bits per heavy atom. The maximum absolute atomic E-state index is 14.0. The van der Waals surface area contributed by atoms with Crippen LogP contribution in [0.5, 0.6) is 0 Å². The van der Waals surface area contributed by atoms with Gasteiger partial charge in [-0.15, -0.1) is 0 Å². The van der Waals surface area contributed by atoms with Crippen molar-refractivity contribution in [1.29, 1.82) is 0 Å². The molecule has 0 saturated carbocycles. The molecule has 1 aromatic heterocycles. The van der Waals surface area contributed by atoms with Crippen molar-refractivity contribution in [3.8, 4) is 0 Å². The van der Waals surface area contributed by atoms with Crippen LogP contribution in [0.25, 0.3) is 10.9 Å². The number of anilines is 1. The molecule has 1 aliphatic heterocycles. The van der Waals surface area contributed by atoms with Crippen LogP contribution >= 0.6 is 0 Å². The molecule has 6 heteroatoms. The Kier molecular flexibility index (Phi) is 6.58. The molecule has 184 valence electrons. The molecule has 0 radical (unpaired) electrons. The fraction of sp³-hybridized carbons (Fsp3) is 0.414. The van der Waals surface area contributed by atoms with Crippen LogP contribution < -0.4 is 5.32 Å². The minimum atomic E-state index is -0.438. The molecule has 2 unspecified atom stereocenters. The van der Waals surface area contributed by atoms with Crippen molar-refractivity contribution in [2.24, 2.45) is 5.92 Å². The van der Waals surface area contributed by atoms with Crippen LogP contribution in [0.4, 0.5) is 10.5 Å². The molecule has 0 aliphatic carbocycles. The first-order valence-corrected chi connectivity index (χ1v) is 12.3. The van der Waals surface area contributed by atoms with Crippen molar-refractivity contribution in [3.63, 3.8) is 0 Å². The number of hydrogen-bond donors (Lipinski definition) is 1. The molecule has 1 N–H and O–H groups in total. The largest absolute Gasteiger partial charge is 0.324 e. The summed E-state index contributed by atoms with van der Waals surface area (Å²) < 4.78 is 0. The zero-order valence-electron chi connectivity index (χ0n) is 21.6. The van der Waals surface area contributed by atoms with Crippen molar-refractivity contribution in [3.05, 3.63) is 72.4 Å². The van der Waals surface area contributed by atoms with Crippen molar-refractivity contribution in [2.45, 2.75) is 65.1 Å². The fourth-order valence-electron chi connectivity index (χ4n) is 4.97. The number of urea groups is 1. The van der Waals surface area contributed by atoms with Gasteiger partial charge >= 0.3 is 6.03 Å². The number of para-hydroxylation sites is 1. The van der Waals surface area contributed by atoms with Crippen molar-refractivity contribution < 1.29 is 9.59 Å². The first kappa shape index (κ1) is 24.7. The third-order valence-electron chi connectivity index (χ3n) is 6.66. The summed E-state index contributed by atoms with van der Waals surface area (Å²) in [6.07, 6.45) is 2.27. The number of nitrogens with one attached hydrogen (secondary N) is 1. The van der Waals surface area contributed by atoms with E-state index in [-0.39, 0.29) is 23.5 Å². The lowest BCUT2D eigenvalue weighted by Crippen LogP contribution is -2.53. The Bertz CT molecular complexity index is 1210. The van der Waals surface area contributed by atoms with Gasteiger partial charge in [0.15, 0.2) is 0 Å². The second-order valence-electron chi connectivity index (χ2n) is 11.3. The number of pyridine rings is 1. The lowest BCUT2D eigenvalue weighted by Gasteiger charge is -2.39. The van der Waals surface area contributed by atoms with Gasteiger partial charge in [0.1, 0.15) is 0 Å². The molecule has 0 bridgehead atoms. The van der Waals surface area contributed by atoms with E-state index in [0.717, 1.165) is 16.5 Å². The second-order valence-corrected chi connectivity index (χ2v) is 11.3. The zero-order valence-corrected chi connectivity index (χ0v) is 21.6. The average molecular weight is 473 g/mol. The maximum atomic E-state index is 14.0. The van der Waals surface area contributed by atoms with E-state index in [1.807, 2.05) is 112 Å². The highest BCUT2D eigenvalue weighted by molar-refractivity contribution is 6.01. The summed E-state index contributed by atoms with van der Waals surface area (Å²) in [4.78, 5) is 35.9. The molecular weight excluding hydrogens is 436 g/mol. The van der Waals surface area contributed by atoms with Gasteiger partial charge in [-0.1, -0.05) is 48.5 Å². The predicted molar refractivity (Wildman–Crippen MR) is 141 cm³/mol. The Morgan fingerprint density at radius 3 is 2.31 bits per heavy atom. The van der Waals surface area contributed by atoms with Crippen molar-refractivity contribution in [1.82, 2.24) is 14.8 Å². The number of carbonyl (C=O) groups excluding carboxylic acids is 2. The average Bonchev–Trinajstić information content (AvgIpc) is 3.16. The van der Waals surface area contributed by atoms with Crippen LogP contribution in [0.3, 0.4) is 0 Å². The summed E-state index contributed by atoms with van der Waals surface area (Å²) in [5, 5.41) is 4.13. The number of nitrogens with zero attached hydrogens (tertiary/aromatic N) is 3. The van der Waals surface area contributed by atoms with E-state index in [1.165, 1.54) is 0 Å². The zero-order chi connectivity index (χ0) is 25.4. The number of amides is 3. The van der Waals surface area contributed by atoms with E-state index in [2.05, 4.69) is 10.3 Å². The smallest absolute Gasteiger partial charge is 0.321 e. The number of rotatable bonds is 5. The molecule has 3 aromatic rings. The highest BCUT2D eigenvalue weighted by Gasteiger charge is 2.50. The second kappa shape index (κ2) is 9.33. The molecule has 1 fully saturated rings. The Hall–Kier alpha value is -3.41. The number of aromatic nitrogens is 1. The van der Waals surface area contributed by atoms with Gasteiger partial charge in [-0.2, -0.15) is 0 Å². The monoisotopic (exact) mass is 472 g/mol. The molecule has 0 spiro atoms. The summed E-state index contributed by atoms with van der Waals surface area (Å²) in [5.41, 5.74) is 1.73. The summed E-state index contributed by atoms with van der Waals surface area (Å²) in [5.74, 6) is -0.540. The number of carbonyl (C=O) groups is 2. The molecule has 1 saturated heterocycles. The first-order valence-electron chi connectivity index (χ1n) is 12.3. The third-order valence-corrected chi connectivity index (χ3v) is 6.66. The van der Waals surface area contributed by atoms with Crippen LogP contribution in [-0.2, 0) is 11.2 Å². The van der Waals surface area contributed by atoms with Crippen molar-refractivity contribution >= 4 is 28.5 Å². The van der Waals surface area contributed by atoms with Gasteiger partial charge in [0.25, 0.3) is 0 Å². The van der Waals surface area contributed by atoms with Crippen LogP contribution in [0.15, 0.2) is 66.9 Å². The molecule has 1 aliphatic rings. The van der Waals surface area contributed by atoms with Crippen LogP contribution in [0.1, 0.15) is 47.1 Å². The van der Waals surface area contributed by atoms with E-state index >= 15 is 0 Å². The van der Waals surface area contributed by atoms with Crippen LogP contribution in [0, 0.1) is 5.92 Å². The van der Waals surface area contributed by atoms with Gasteiger partial charge in [0, 0.05) is 29.2 Å². The van der Waals surface area contributed by atoms with Crippen LogP contribution in [-0.4, -0.2) is 50.4 Å². The quantitative estimate of drug-likeness (QED) is 0.515. The summed E-state index contributed by atoms with van der Waals surface area (Å²) in [7, 11) is 0. The summed E-state index contributed by atoms with van der Waals surface area (Å²) in [6, 6.07) is 19.4. The van der Waals surface area contributed by atoms with Gasteiger partial charge in [-0.05, 0) is 65.7 Å². The number of fused-ring (bicyclic) bond motifs is 1. The molecule has 3 amide bonds. The minimum absolute atomic E-state index is 0.0207. The Balaban J connectivity index is 1.74. The van der Waals surface area contributed by atoms with E-state index in [1.54, 1.807) is 6.20 Å². The Morgan fingerprint density at radius 1 is 0.971 bits per heavy atom. The van der Waals surface area contributed by atoms with Gasteiger partial charge in [0.2, 0.25) is 5.91 Å². The SMILES string of the molecule is CC(C)(C)N1CC(C(Cc2ccccc2)C(=O)Nc2cccc3cccnc23)N(C(C)(C)C)C1=O. The normalized spacial score (nSPS) is 17.7. The number of hydrogen-bond acceptors (Lipinski definition) is 3.